The zero-order chi connectivity index (χ0) is 14.8. The standard InChI is InChI=1S/C17H25NO2/c1-17(2,3)13-10-14(11-13)18-15(16(19)20)9-12-7-5-4-6-8-12/h4-8,13-15,18H,9-11H2,1-3H3,(H,19,20)/t13?,14?,15-/m0/s1. The number of benzene rings is 1. The molecule has 3 nitrogen and oxygen atoms in total. The van der Waals surface area contributed by atoms with E-state index >= 15 is 0 Å². The summed E-state index contributed by atoms with van der Waals surface area (Å²) in [6, 6.07) is 9.69. The summed E-state index contributed by atoms with van der Waals surface area (Å²) in [4.78, 5) is 11.4. The summed E-state index contributed by atoms with van der Waals surface area (Å²) in [7, 11) is 0. The molecular formula is C17H25NO2. The molecule has 2 rings (SSSR count). The first-order valence-electron chi connectivity index (χ1n) is 7.39. The molecule has 1 aromatic carbocycles. The van der Waals surface area contributed by atoms with Gasteiger partial charge in [0.25, 0.3) is 0 Å². The van der Waals surface area contributed by atoms with Crippen molar-refractivity contribution >= 4 is 5.97 Å². The minimum Gasteiger partial charge on any atom is -0.480 e. The highest BCUT2D eigenvalue weighted by molar-refractivity contribution is 5.74. The highest BCUT2D eigenvalue weighted by Crippen LogP contribution is 2.41. The SMILES string of the molecule is CC(C)(C)C1CC(N[C@@H](Cc2ccccc2)C(=O)O)C1. The molecule has 1 fully saturated rings. The average molecular weight is 275 g/mol. The summed E-state index contributed by atoms with van der Waals surface area (Å²) in [6.45, 7) is 6.77. The molecule has 110 valence electrons. The fourth-order valence-corrected chi connectivity index (χ4v) is 2.81. The average Bonchev–Trinajstić information content (AvgIpc) is 2.31. The Morgan fingerprint density at radius 2 is 1.90 bits per heavy atom. The molecule has 3 heteroatoms. The van der Waals surface area contributed by atoms with Crippen molar-refractivity contribution in [3.63, 3.8) is 0 Å². The van der Waals surface area contributed by atoms with E-state index in [9.17, 15) is 9.90 Å². The van der Waals surface area contributed by atoms with Crippen LogP contribution < -0.4 is 5.32 Å². The van der Waals surface area contributed by atoms with Crippen LogP contribution >= 0.6 is 0 Å². The Labute approximate surface area is 121 Å². The molecule has 20 heavy (non-hydrogen) atoms. The van der Waals surface area contributed by atoms with Gasteiger partial charge in [-0.25, -0.2) is 0 Å². The van der Waals surface area contributed by atoms with Crippen molar-refractivity contribution in [1.82, 2.24) is 5.32 Å². The molecule has 1 atom stereocenters. The molecule has 1 aromatic rings. The fraction of sp³-hybridized carbons (Fsp3) is 0.588. The van der Waals surface area contributed by atoms with E-state index in [-0.39, 0.29) is 0 Å². The maximum absolute atomic E-state index is 11.4. The van der Waals surface area contributed by atoms with Crippen LogP contribution in [0.3, 0.4) is 0 Å². The van der Waals surface area contributed by atoms with Gasteiger partial charge in [-0.3, -0.25) is 4.79 Å². The fourth-order valence-electron chi connectivity index (χ4n) is 2.81. The van der Waals surface area contributed by atoms with E-state index in [1.54, 1.807) is 0 Å². The lowest BCUT2D eigenvalue weighted by Gasteiger charge is -2.45. The largest absolute Gasteiger partial charge is 0.480 e. The maximum Gasteiger partial charge on any atom is 0.321 e. The van der Waals surface area contributed by atoms with E-state index in [1.807, 2.05) is 30.3 Å². The molecule has 0 heterocycles. The van der Waals surface area contributed by atoms with Crippen LogP contribution in [0.1, 0.15) is 39.2 Å². The van der Waals surface area contributed by atoms with Gasteiger partial charge in [0.15, 0.2) is 0 Å². The van der Waals surface area contributed by atoms with Crippen molar-refractivity contribution in [2.45, 2.75) is 52.1 Å². The molecule has 2 N–H and O–H groups in total. The lowest BCUT2D eigenvalue weighted by Crippen LogP contribution is -2.52. The molecule has 0 saturated heterocycles. The van der Waals surface area contributed by atoms with Crippen molar-refractivity contribution in [3.8, 4) is 0 Å². The highest BCUT2D eigenvalue weighted by atomic mass is 16.4. The molecule has 0 radical (unpaired) electrons. The Morgan fingerprint density at radius 1 is 1.30 bits per heavy atom. The number of nitrogens with one attached hydrogen (secondary N) is 1. The predicted octanol–water partition coefficient (Wildman–Crippen LogP) is 3.10. The second-order valence-corrected chi connectivity index (χ2v) is 6.98. The minimum atomic E-state index is -0.756. The molecule has 0 aromatic heterocycles. The third-order valence-corrected chi connectivity index (χ3v) is 4.38. The van der Waals surface area contributed by atoms with Crippen molar-refractivity contribution in [2.24, 2.45) is 11.3 Å². The third kappa shape index (κ3) is 3.83. The Morgan fingerprint density at radius 3 is 2.40 bits per heavy atom. The normalized spacial score (nSPS) is 23.9. The molecule has 0 unspecified atom stereocenters. The zero-order valence-corrected chi connectivity index (χ0v) is 12.6. The molecule has 0 bridgehead atoms. The first-order valence-corrected chi connectivity index (χ1v) is 7.39. The van der Waals surface area contributed by atoms with Crippen molar-refractivity contribution in [3.05, 3.63) is 35.9 Å². The van der Waals surface area contributed by atoms with Crippen LogP contribution in [-0.2, 0) is 11.2 Å². The molecule has 0 aliphatic heterocycles. The van der Waals surface area contributed by atoms with E-state index in [0.29, 0.717) is 23.8 Å². The van der Waals surface area contributed by atoms with Gasteiger partial charge in [-0.1, -0.05) is 51.1 Å². The smallest absolute Gasteiger partial charge is 0.321 e. The van der Waals surface area contributed by atoms with E-state index in [0.717, 1.165) is 18.4 Å². The first-order chi connectivity index (χ1) is 9.36. The van der Waals surface area contributed by atoms with Crippen LogP contribution in [0.25, 0.3) is 0 Å². The lowest BCUT2D eigenvalue weighted by molar-refractivity contribution is -0.140. The van der Waals surface area contributed by atoms with Crippen LogP contribution in [-0.4, -0.2) is 23.2 Å². The van der Waals surface area contributed by atoms with Crippen LogP contribution in [0.15, 0.2) is 30.3 Å². The van der Waals surface area contributed by atoms with Crippen molar-refractivity contribution < 1.29 is 9.90 Å². The summed E-state index contributed by atoms with van der Waals surface area (Å²) < 4.78 is 0. The highest BCUT2D eigenvalue weighted by Gasteiger charge is 2.38. The van der Waals surface area contributed by atoms with E-state index < -0.39 is 12.0 Å². The topological polar surface area (TPSA) is 49.3 Å². The van der Waals surface area contributed by atoms with E-state index in [4.69, 9.17) is 0 Å². The van der Waals surface area contributed by atoms with Crippen molar-refractivity contribution in [2.75, 3.05) is 0 Å². The van der Waals surface area contributed by atoms with Gasteiger partial charge in [-0.15, -0.1) is 0 Å². The van der Waals surface area contributed by atoms with Gasteiger partial charge in [-0.2, -0.15) is 0 Å². The van der Waals surface area contributed by atoms with Gasteiger partial charge in [0.05, 0.1) is 0 Å². The molecule has 0 spiro atoms. The number of carbonyl (C=O) groups is 1. The number of carboxylic acid groups (broad SMARTS) is 1. The maximum atomic E-state index is 11.4. The lowest BCUT2D eigenvalue weighted by atomic mass is 9.66. The summed E-state index contributed by atoms with van der Waals surface area (Å²) >= 11 is 0. The number of rotatable bonds is 5. The van der Waals surface area contributed by atoms with E-state index in [1.165, 1.54) is 0 Å². The summed E-state index contributed by atoms with van der Waals surface area (Å²) in [5.74, 6) is -0.0563. The number of hydrogen-bond acceptors (Lipinski definition) is 2. The van der Waals surface area contributed by atoms with Crippen LogP contribution in [0.2, 0.25) is 0 Å². The number of carboxylic acids is 1. The Balaban J connectivity index is 1.87. The molecule has 0 amide bonds. The number of hydrogen-bond donors (Lipinski definition) is 2. The second kappa shape index (κ2) is 5.96. The summed E-state index contributed by atoms with van der Waals surface area (Å²) in [5.41, 5.74) is 1.40. The Hall–Kier alpha value is -1.35. The third-order valence-electron chi connectivity index (χ3n) is 4.38. The molecule has 1 saturated carbocycles. The molecule has 1 aliphatic rings. The molecular weight excluding hydrogens is 250 g/mol. The van der Waals surface area contributed by atoms with Crippen LogP contribution in [0.4, 0.5) is 0 Å². The van der Waals surface area contributed by atoms with Crippen LogP contribution in [0, 0.1) is 11.3 Å². The number of aliphatic carboxylic acids is 1. The van der Waals surface area contributed by atoms with Crippen LogP contribution in [0.5, 0.6) is 0 Å². The van der Waals surface area contributed by atoms with Gasteiger partial charge >= 0.3 is 5.97 Å². The van der Waals surface area contributed by atoms with Gasteiger partial charge in [0.1, 0.15) is 6.04 Å². The van der Waals surface area contributed by atoms with Crippen molar-refractivity contribution in [1.29, 1.82) is 0 Å². The molecule has 1 aliphatic carbocycles. The van der Waals surface area contributed by atoms with Gasteiger partial charge in [0, 0.05) is 6.04 Å². The zero-order valence-electron chi connectivity index (χ0n) is 12.6. The van der Waals surface area contributed by atoms with E-state index in [2.05, 4.69) is 26.1 Å². The first kappa shape index (κ1) is 15.0. The Kier molecular flexibility index (Phi) is 4.48. The van der Waals surface area contributed by atoms with Gasteiger partial charge < -0.3 is 10.4 Å². The predicted molar refractivity (Wildman–Crippen MR) is 80.7 cm³/mol. The van der Waals surface area contributed by atoms with Gasteiger partial charge in [0.2, 0.25) is 0 Å². The second-order valence-electron chi connectivity index (χ2n) is 6.98. The summed E-state index contributed by atoms with van der Waals surface area (Å²) in [5, 5.41) is 12.7. The van der Waals surface area contributed by atoms with Gasteiger partial charge in [-0.05, 0) is 36.2 Å². The quantitative estimate of drug-likeness (QED) is 0.868. The monoisotopic (exact) mass is 275 g/mol. The summed E-state index contributed by atoms with van der Waals surface area (Å²) in [6.07, 6.45) is 2.72. The minimum absolute atomic E-state index is 0.330. The Bertz CT molecular complexity index is 444.